The van der Waals surface area contributed by atoms with Crippen LogP contribution in [-0.4, -0.2) is 21.6 Å². The zero-order valence-electron chi connectivity index (χ0n) is 13.0. The zero-order valence-corrected chi connectivity index (χ0v) is 13.8. The number of amides is 1. The molecule has 1 amide bonds. The Balaban J connectivity index is 1.85. The van der Waals surface area contributed by atoms with Crippen molar-refractivity contribution in [2.45, 2.75) is 33.4 Å². The molecule has 0 saturated heterocycles. The second kappa shape index (κ2) is 7.23. The number of aromatic nitrogens is 1. The first-order valence-electron chi connectivity index (χ1n) is 7.14. The summed E-state index contributed by atoms with van der Waals surface area (Å²) >= 11 is 1.19. The van der Waals surface area contributed by atoms with Crippen LogP contribution in [0.4, 0.5) is 0 Å². The number of benzene rings is 1. The highest BCUT2D eigenvalue weighted by Crippen LogP contribution is 2.10. The van der Waals surface area contributed by atoms with Gasteiger partial charge in [0, 0.05) is 30.1 Å². The molecule has 2 N–H and O–H groups in total. The Morgan fingerprint density at radius 3 is 2.39 bits per heavy atom. The van der Waals surface area contributed by atoms with E-state index in [0.29, 0.717) is 13.1 Å². The summed E-state index contributed by atoms with van der Waals surface area (Å²) in [6.45, 7) is 4.45. The number of carbonyl (C=O) groups excluding carboxylic acids is 1. The predicted molar refractivity (Wildman–Crippen MR) is 87.9 cm³/mol. The van der Waals surface area contributed by atoms with Crippen LogP contribution in [0.3, 0.4) is 0 Å². The minimum atomic E-state index is -0.979. The van der Waals surface area contributed by atoms with Crippen molar-refractivity contribution in [3.63, 3.8) is 0 Å². The highest BCUT2D eigenvalue weighted by atomic mass is 32.1. The van der Waals surface area contributed by atoms with Gasteiger partial charge in [0.05, 0.1) is 5.56 Å². The van der Waals surface area contributed by atoms with Gasteiger partial charge >= 0.3 is 10.8 Å². The van der Waals surface area contributed by atoms with Gasteiger partial charge in [-0.05, 0) is 31.5 Å². The number of hydrogen-bond donors (Lipinski definition) is 2. The molecule has 0 aliphatic heterocycles. The lowest BCUT2D eigenvalue weighted by atomic mass is 10.1. The molecule has 6 nitrogen and oxygen atoms in total. The maximum absolute atomic E-state index is 11.9. The molecule has 1 aromatic heterocycles. The second-order valence-electron chi connectivity index (χ2n) is 5.19. The van der Waals surface area contributed by atoms with Crippen LogP contribution in [0.2, 0.25) is 0 Å². The molecule has 0 radical (unpaired) electrons. The quantitative estimate of drug-likeness (QED) is 0.845. The Morgan fingerprint density at radius 2 is 1.87 bits per heavy atom. The van der Waals surface area contributed by atoms with Gasteiger partial charge in [-0.25, -0.2) is 4.79 Å². The Morgan fingerprint density at radius 1 is 1.22 bits per heavy atom. The van der Waals surface area contributed by atoms with Crippen LogP contribution < -0.4 is 10.2 Å². The van der Waals surface area contributed by atoms with Gasteiger partial charge < -0.3 is 15.0 Å². The summed E-state index contributed by atoms with van der Waals surface area (Å²) in [4.78, 5) is 35.3. The predicted octanol–water partition coefficient (Wildman–Crippen LogP) is 1.93. The van der Waals surface area contributed by atoms with Crippen LogP contribution in [0.15, 0.2) is 29.1 Å². The summed E-state index contributed by atoms with van der Waals surface area (Å²) < 4.78 is 1.61. The van der Waals surface area contributed by atoms with Crippen LogP contribution in [-0.2, 0) is 17.9 Å². The molecule has 122 valence electrons. The monoisotopic (exact) mass is 334 g/mol. The summed E-state index contributed by atoms with van der Waals surface area (Å²) in [5, 5.41) is 11.6. The van der Waals surface area contributed by atoms with Crippen LogP contribution in [0.1, 0.15) is 32.9 Å². The smallest absolute Gasteiger partial charge is 0.335 e. The van der Waals surface area contributed by atoms with Crippen LogP contribution in [0.25, 0.3) is 0 Å². The van der Waals surface area contributed by atoms with Crippen molar-refractivity contribution in [2.75, 3.05) is 0 Å². The second-order valence-corrected chi connectivity index (χ2v) is 6.36. The molecule has 2 aromatic rings. The highest BCUT2D eigenvalue weighted by Gasteiger charge is 2.09. The van der Waals surface area contributed by atoms with E-state index in [1.54, 1.807) is 16.7 Å². The molecule has 1 heterocycles. The van der Waals surface area contributed by atoms with Crippen molar-refractivity contribution in [3.05, 3.63) is 55.6 Å². The number of carboxylic acids is 1. The fourth-order valence-corrected chi connectivity index (χ4v) is 2.97. The highest BCUT2D eigenvalue weighted by molar-refractivity contribution is 7.09. The molecule has 0 aliphatic rings. The third-order valence-corrected chi connectivity index (χ3v) is 4.62. The van der Waals surface area contributed by atoms with E-state index in [1.165, 1.54) is 23.5 Å². The van der Waals surface area contributed by atoms with Crippen molar-refractivity contribution in [3.8, 4) is 0 Å². The number of carboxylic acid groups (broad SMARTS) is 1. The summed E-state index contributed by atoms with van der Waals surface area (Å²) in [5.41, 5.74) is 1.93. The van der Waals surface area contributed by atoms with Gasteiger partial charge in [-0.3, -0.25) is 9.59 Å². The molecule has 0 aliphatic carbocycles. The van der Waals surface area contributed by atoms with Crippen LogP contribution in [0, 0.1) is 13.8 Å². The first-order chi connectivity index (χ1) is 10.9. The summed E-state index contributed by atoms with van der Waals surface area (Å²) in [5.74, 6) is -1.13. The average molecular weight is 334 g/mol. The number of aromatic carboxylic acids is 1. The van der Waals surface area contributed by atoms with Crippen LogP contribution >= 0.6 is 11.3 Å². The minimum absolute atomic E-state index is 0.0444. The molecule has 2 rings (SSSR count). The Hall–Kier alpha value is -2.41. The van der Waals surface area contributed by atoms with Gasteiger partial charge in [-0.15, -0.1) is 0 Å². The lowest BCUT2D eigenvalue weighted by molar-refractivity contribution is -0.121. The first kappa shape index (κ1) is 17.0. The van der Waals surface area contributed by atoms with Crippen LogP contribution in [0.5, 0.6) is 0 Å². The van der Waals surface area contributed by atoms with Crippen molar-refractivity contribution in [1.82, 2.24) is 9.88 Å². The maximum atomic E-state index is 11.9. The van der Waals surface area contributed by atoms with Crippen molar-refractivity contribution < 1.29 is 14.7 Å². The number of aryl methyl sites for hydroxylation is 1. The molecule has 0 saturated carbocycles. The van der Waals surface area contributed by atoms with Crippen molar-refractivity contribution in [2.24, 2.45) is 0 Å². The molecule has 0 spiro atoms. The van der Waals surface area contributed by atoms with E-state index in [1.807, 2.05) is 13.8 Å². The molecule has 0 fully saturated rings. The molecular formula is C16H18N2O4S. The van der Waals surface area contributed by atoms with Gasteiger partial charge in [0.25, 0.3) is 0 Å². The van der Waals surface area contributed by atoms with E-state index in [4.69, 9.17) is 5.11 Å². The third kappa shape index (κ3) is 4.29. The number of nitrogens with zero attached hydrogens (tertiary/aromatic N) is 1. The van der Waals surface area contributed by atoms with Crippen molar-refractivity contribution >= 4 is 23.2 Å². The first-order valence-corrected chi connectivity index (χ1v) is 7.96. The van der Waals surface area contributed by atoms with Gasteiger partial charge in [-0.2, -0.15) is 0 Å². The number of carbonyl (C=O) groups is 2. The molecule has 0 bridgehead atoms. The molecule has 7 heteroatoms. The molecule has 0 atom stereocenters. The SMILES string of the molecule is Cc1sc(=O)n(CCC(=O)NCc2ccc(C(=O)O)cc2)c1C. The maximum Gasteiger partial charge on any atom is 0.335 e. The molecule has 1 aromatic carbocycles. The van der Waals surface area contributed by atoms with E-state index in [2.05, 4.69) is 5.32 Å². The average Bonchev–Trinajstić information content (AvgIpc) is 2.76. The van der Waals surface area contributed by atoms with E-state index in [0.717, 1.165) is 16.1 Å². The zero-order chi connectivity index (χ0) is 17.0. The normalized spacial score (nSPS) is 10.5. The van der Waals surface area contributed by atoms with E-state index in [9.17, 15) is 14.4 Å². The number of nitrogens with one attached hydrogen (secondary N) is 1. The third-order valence-electron chi connectivity index (χ3n) is 3.63. The number of rotatable bonds is 6. The fraction of sp³-hybridized carbons (Fsp3) is 0.312. The Bertz CT molecular complexity index is 774. The largest absolute Gasteiger partial charge is 0.478 e. The Labute approximate surface area is 137 Å². The fourth-order valence-electron chi connectivity index (χ4n) is 2.11. The topological polar surface area (TPSA) is 88.4 Å². The number of thiazole rings is 1. The summed E-state index contributed by atoms with van der Waals surface area (Å²) in [7, 11) is 0. The minimum Gasteiger partial charge on any atom is -0.478 e. The van der Waals surface area contributed by atoms with E-state index < -0.39 is 5.97 Å². The molecule has 0 unspecified atom stereocenters. The lowest BCUT2D eigenvalue weighted by Crippen LogP contribution is -2.26. The number of hydrogen-bond acceptors (Lipinski definition) is 4. The molecule has 23 heavy (non-hydrogen) atoms. The van der Waals surface area contributed by atoms with E-state index in [-0.39, 0.29) is 22.8 Å². The van der Waals surface area contributed by atoms with Gasteiger partial charge in [0.1, 0.15) is 0 Å². The lowest BCUT2D eigenvalue weighted by Gasteiger charge is -2.07. The van der Waals surface area contributed by atoms with Gasteiger partial charge in [0.15, 0.2) is 0 Å². The van der Waals surface area contributed by atoms with E-state index >= 15 is 0 Å². The van der Waals surface area contributed by atoms with Crippen molar-refractivity contribution in [1.29, 1.82) is 0 Å². The molecular weight excluding hydrogens is 316 g/mol. The Kier molecular flexibility index (Phi) is 5.33. The van der Waals surface area contributed by atoms with Gasteiger partial charge in [0.2, 0.25) is 5.91 Å². The summed E-state index contributed by atoms with van der Waals surface area (Å²) in [6.07, 6.45) is 0.226. The standard InChI is InChI=1S/C16H18N2O4S/c1-10-11(2)23-16(22)18(10)8-7-14(19)17-9-12-3-5-13(6-4-12)15(20)21/h3-6H,7-9H2,1-2H3,(H,17,19)(H,20,21). The van der Waals surface area contributed by atoms with Gasteiger partial charge in [-0.1, -0.05) is 23.5 Å². The summed E-state index contributed by atoms with van der Waals surface area (Å²) in [6, 6.07) is 6.34.